The van der Waals surface area contributed by atoms with E-state index in [9.17, 15) is 14.4 Å². The fraction of sp³-hybridized carbons (Fsp3) is 0.320. The molecule has 3 N–H and O–H groups in total. The van der Waals surface area contributed by atoms with Crippen LogP contribution in [-0.4, -0.2) is 29.2 Å². The number of rotatable bonds is 11. The summed E-state index contributed by atoms with van der Waals surface area (Å²) in [5.74, 6) is -0.151. The lowest BCUT2D eigenvalue weighted by Gasteiger charge is -2.08. The molecule has 0 aliphatic rings. The predicted molar refractivity (Wildman–Crippen MR) is 123 cm³/mol. The number of H-pyrrole nitrogens is 1. The van der Waals surface area contributed by atoms with E-state index in [0.29, 0.717) is 12.2 Å². The van der Waals surface area contributed by atoms with Crippen molar-refractivity contribution >= 4 is 28.5 Å². The second-order valence-corrected chi connectivity index (χ2v) is 7.64. The number of hydrazine groups is 1. The quantitative estimate of drug-likeness (QED) is 0.240. The molecule has 0 radical (unpaired) electrons. The molecule has 0 atom stereocenters. The number of hydrogen-bond donors (Lipinski definition) is 3. The molecule has 0 saturated heterocycles. The van der Waals surface area contributed by atoms with Crippen molar-refractivity contribution in [1.82, 2.24) is 15.8 Å². The molecular formula is C25H29N3O4. The number of unbranched alkanes of at least 4 members (excludes halogenated alkanes) is 2. The van der Waals surface area contributed by atoms with Gasteiger partial charge < -0.3 is 9.72 Å². The van der Waals surface area contributed by atoms with E-state index in [1.54, 1.807) is 30.5 Å². The molecule has 2 aromatic carbocycles. The third kappa shape index (κ3) is 6.70. The smallest absolute Gasteiger partial charge is 0.242 e. The van der Waals surface area contributed by atoms with Crippen molar-refractivity contribution in [3.05, 3.63) is 65.9 Å². The summed E-state index contributed by atoms with van der Waals surface area (Å²) in [7, 11) is 0. The van der Waals surface area contributed by atoms with Crippen LogP contribution in [0.4, 0.5) is 0 Å². The zero-order valence-electron chi connectivity index (χ0n) is 18.3. The largest absolute Gasteiger partial charge is 0.494 e. The minimum atomic E-state index is -0.415. The third-order valence-electron chi connectivity index (χ3n) is 5.14. The van der Waals surface area contributed by atoms with Crippen LogP contribution in [0.3, 0.4) is 0 Å². The van der Waals surface area contributed by atoms with E-state index in [1.165, 1.54) is 0 Å². The zero-order chi connectivity index (χ0) is 22.8. The highest BCUT2D eigenvalue weighted by Gasteiger charge is 2.12. The van der Waals surface area contributed by atoms with Crippen LogP contribution >= 0.6 is 0 Å². The van der Waals surface area contributed by atoms with Gasteiger partial charge in [-0.25, -0.2) is 0 Å². The molecule has 3 aromatic rings. The number of amides is 2. The van der Waals surface area contributed by atoms with E-state index >= 15 is 0 Å². The molecule has 2 amide bonds. The number of carbonyl (C=O) groups is 3. The lowest BCUT2D eigenvalue weighted by atomic mass is 10.1. The Kier molecular flexibility index (Phi) is 8.43. The van der Waals surface area contributed by atoms with Gasteiger partial charge in [0.15, 0.2) is 5.78 Å². The third-order valence-corrected chi connectivity index (χ3v) is 5.14. The number of hydrogen-bond acceptors (Lipinski definition) is 4. The van der Waals surface area contributed by atoms with Gasteiger partial charge in [-0.2, -0.15) is 0 Å². The van der Waals surface area contributed by atoms with E-state index in [-0.39, 0.29) is 31.0 Å². The van der Waals surface area contributed by atoms with Gasteiger partial charge in [0.2, 0.25) is 11.8 Å². The lowest BCUT2D eigenvalue weighted by Crippen LogP contribution is -2.42. The first-order valence-electron chi connectivity index (χ1n) is 11.0. The molecule has 1 aromatic heterocycles. The monoisotopic (exact) mass is 435 g/mol. The highest BCUT2D eigenvalue weighted by molar-refractivity contribution is 5.98. The first kappa shape index (κ1) is 23.1. The second kappa shape index (κ2) is 11.7. The Labute approximate surface area is 187 Å². The summed E-state index contributed by atoms with van der Waals surface area (Å²) in [5, 5.41) is 0.969. The van der Waals surface area contributed by atoms with E-state index in [2.05, 4.69) is 22.8 Å². The van der Waals surface area contributed by atoms with Crippen LogP contribution in [0.1, 0.15) is 54.9 Å². The highest BCUT2D eigenvalue weighted by atomic mass is 16.5. The number of Topliss-reactive ketones (excluding diaryl/α,β-unsaturated/α-hetero) is 1. The summed E-state index contributed by atoms with van der Waals surface area (Å²) in [6, 6.07) is 14.6. The molecule has 7 nitrogen and oxygen atoms in total. The zero-order valence-corrected chi connectivity index (χ0v) is 18.3. The molecule has 0 unspecified atom stereocenters. The van der Waals surface area contributed by atoms with Crippen molar-refractivity contribution < 1.29 is 19.1 Å². The van der Waals surface area contributed by atoms with Crippen LogP contribution < -0.4 is 15.6 Å². The second-order valence-electron chi connectivity index (χ2n) is 7.64. The van der Waals surface area contributed by atoms with Gasteiger partial charge in [0.05, 0.1) is 13.0 Å². The molecule has 0 saturated carbocycles. The number of aromatic amines is 1. The van der Waals surface area contributed by atoms with Gasteiger partial charge in [-0.05, 0) is 42.3 Å². The summed E-state index contributed by atoms with van der Waals surface area (Å²) in [4.78, 5) is 39.6. The number of nitrogens with one attached hydrogen (secondary N) is 3. The van der Waals surface area contributed by atoms with Gasteiger partial charge in [0.1, 0.15) is 5.75 Å². The maximum absolute atomic E-state index is 12.3. The number of ketones is 1. The first-order chi connectivity index (χ1) is 15.6. The standard InChI is InChI=1S/C25H29N3O4/c1-2-3-6-15-32-20-11-9-18(10-12-20)23(29)13-14-24(30)27-28-25(31)16-19-17-26-22-8-5-4-7-21(19)22/h4-5,7-12,17,26H,2-3,6,13-16H2,1H3,(H,27,30)(H,28,31). The van der Waals surface area contributed by atoms with Gasteiger partial charge in [-0.1, -0.05) is 38.0 Å². The van der Waals surface area contributed by atoms with Crippen LogP contribution in [0.25, 0.3) is 10.9 Å². The molecule has 0 fully saturated rings. The van der Waals surface area contributed by atoms with Gasteiger partial charge >= 0.3 is 0 Å². The van der Waals surface area contributed by atoms with Crippen molar-refractivity contribution in [3.63, 3.8) is 0 Å². The molecule has 168 valence electrons. The van der Waals surface area contributed by atoms with Crippen molar-refractivity contribution in [2.75, 3.05) is 6.61 Å². The number of benzene rings is 2. The van der Waals surface area contributed by atoms with Crippen molar-refractivity contribution in [2.24, 2.45) is 0 Å². The van der Waals surface area contributed by atoms with Crippen LogP contribution in [0.5, 0.6) is 5.75 Å². The predicted octanol–water partition coefficient (Wildman–Crippen LogP) is 4.09. The first-order valence-corrected chi connectivity index (χ1v) is 11.0. The Morgan fingerprint density at radius 2 is 1.66 bits per heavy atom. The average molecular weight is 436 g/mol. The number of aromatic nitrogens is 1. The van der Waals surface area contributed by atoms with Crippen LogP contribution in [0.2, 0.25) is 0 Å². The minimum absolute atomic E-state index is 0.0124. The van der Waals surface area contributed by atoms with E-state index in [4.69, 9.17) is 4.74 Å². The maximum Gasteiger partial charge on any atom is 0.242 e. The van der Waals surface area contributed by atoms with E-state index in [0.717, 1.165) is 41.5 Å². The number of fused-ring (bicyclic) bond motifs is 1. The SMILES string of the molecule is CCCCCOc1ccc(C(=O)CCC(=O)NNC(=O)Cc2c[nH]c3ccccc23)cc1. The van der Waals surface area contributed by atoms with E-state index < -0.39 is 5.91 Å². The number of carbonyl (C=O) groups excluding carboxylic acids is 3. The Balaban J connectivity index is 1.37. The van der Waals surface area contributed by atoms with Gasteiger partial charge in [0.25, 0.3) is 0 Å². The molecular weight excluding hydrogens is 406 g/mol. The number of ether oxygens (including phenoxy) is 1. The fourth-order valence-corrected chi connectivity index (χ4v) is 3.35. The summed E-state index contributed by atoms with van der Waals surface area (Å²) in [6.07, 6.45) is 5.23. The Morgan fingerprint density at radius 3 is 2.44 bits per heavy atom. The topological polar surface area (TPSA) is 100 Å². The van der Waals surface area contributed by atoms with Crippen molar-refractivity contribution in [1.29, 1.82) is 0 Å². The maximum atomic E-state index is 12.3. The highest BCUT2D eigenvalue weighted by Crippen LogP contribution is 2.18. The van der Waals surface area contributed by atoms with E-state index in [1.807, 2.05) is 24.3 Å². The van der Waals surface area contributed by atoms with Crippen LogP contribution in [0, 0.1) is 0 Å². The average Bonchev–Trinajstić information content (AvgIpc) is 3.22. The van der Waals surface area contributed by atoms with Crippen molar-refractivity contribution in [2.45, 2.75) is 45.4 Å². The molecule has 3 rings (SSSR count). The minimum Gasteiger partial charge on any atom is -0.494 e. The molecule has 7 heteroatoms. The Morgan fingerprint density at radius 1 is 0.906 bits per heavy atom. The molecule has 0 aliphatic carbocycles. The molecule has 0 bridgehead atoms. The Bertz CT molecular complexity index is 1060. The summed E-state index contributed by atoms with van der Waals surface area (Å²) >= 11 is 0. The van der Waals surface area contributed by atoms with Crippen molar-refractivity contribution in [3.8, 4) is 5.75 Å². The fourth-order valence-electron chi connectivity index (χ4n) is 3.35. The Hall–Kier alpha value is -3.61. The van der Waals surface area contributed by atoms with Gasteiger partial charge in [-0.3, -0.25) is 25.2 Å². The molecule has 32 heavy (non-hydrogen) atoms. The molecule has 0 spiro atoms. The molecule has 1 heterocycles. The summed E-state index contributed by atoms with van der Waals surface area (Å²) < 4.78 is 5.64. The lowest BCUT2D eigenvalue weighted by molar-refractivity contribution is -0.128. The van der Waals surface area contributed by atoms with Crippen LogP contribution in [0.15, 0.2) is 54.7 Å². The van der Waals surface area contributed by atoms with Crippen LogP contribution in [-0.2, 0) is 16.0 Å². The van der Waals surface area contributed by atoms with Gasteiger partial charge in [-0.15, -0.1) is 0 Å². The number of para-hydroxylation sites is 1. The normalized spacial score (nSPS) is 10.7. The van der Waals surface area contributed by atoms with Gasteiger partial charge in [0, 0.05) is 35.5 Å². The molecule has 0 aliphatic heterocycles. The summed E-state index contributed by atoms with van der Waals surface area (Å²) in [5.41, 5.74) is 7.11. The summed E-state index contributed by atoms with van der Waals surface area (Å²) in [6.45, 7) is 2.80.